The maximum atomic E-state index is 13.0. The van der Waals surface area contributed by atoms with Gasteiger partial charge in [0.25, 0.3) is 11.8 Å². The fourth-order valence-corrected chi connectivity index (χ4v) is 6.21. The van der Waals surface area contributed by atoms with E-state index in [0.717, 1.165) is 10.5 Å². The Bertz CT molecular complexity index is 1120. The molecule has 9 heteroatoms. The zero-order valence-corrected chi connectivity index (χ0v) is 19.0. The van der Waals surface area contributed by atoms with Crippen molar-refractivity contribution in [2.24, 2.45) is 0 Å². The number of carbonyl (C=O) groups excluding carboxylic acids is 4. The van der Waals surface area contributed by atoms with E-state index in [1.54, 1.807) is 29.2 Å². The van der Waals surface area contributed by atoms with Gasteiger partial charge in [-0.05, 0) is 31.5 Å². The van der Waals surface area contributed by atoms with Crippen molar-refractivity contribution in [2.75, 3.05) is 6.67 Å². The highest BCUT2D eigenvalue weighted by Gasteiger charge is 2.64. The van der Waals surface area contributed by atoms with E-state index in [4.69, 9.17) is 4.74 Å². The van der Waals surface area contributed by atoms with Gasteiger partial charge in [-0.15, -0.1) is 11.8 Å². The average molecular weight is 466 g/mol. The van der Waals surface area contributed by atoms with Gasteiger partial charge in [0.15, 0.2) is 0 Å². The van der Waals surface area contributed by atoms with Gasteiger partial charge in [0.1, 0.15) is 24.1 Å². The van der Waals surface area contributed by atoms with Crippen molar-refractivity contribution < 1.29 is 23.9 Å². The number of benzene rings is 2. The van der Waals surface area contributed by atoms with Gasteiger partial charge in [-0.1, -0.05) is 42.5 Å². The topological polar surface area (TPSA) is 96.0 Å². The van der Waals surface area contributed by atoms with Gasteiger partial charge in [-0.2, -0.15) is 0 Å². The SMILES string of the molecule is CC1(C)S[C@@H]2[C@H](NCN3C(=O)c4ccccc4C3=O)C(=O)N2C1C(=O)OCc1ccccc1. The van der Waals surface area contributed by atoms with Crippen molar-refractivity contribution in [2.45, 2.75) is 42.7 Å². The molecule has 3 heterocycles. The molecule has 0 aromatic heterocycles. The fourth-order valence-electron chi connectivity index (χ4n) is 4.56. The third-order valence-electron chi connectivity index (χ3n) is 6.24. The van der Waals surface area contributed by atoms with E-state index in [1.165, 1.54) is 11.8 Å². The maximum absolute atomic E-state index is 13.0. The number of hydrogen-bond acceptors (Lipinski definition) is 7. The summed E-state index contributed by atoms with van der Waals surface area (Å²) in [4.78, 5) is 53.7. The Labute approximate surface area is 195 Å². The summed E-state index contributed by atoms with van der Waals surface area (Å²) < 4.78 is 4.98. The Morgan fingerprint density at radius 2 is 1.61 bits per heavy atom. The molecule has 1 N–H and O–H groups in total. The molecular weight excluding hydrogens is 442 g/mol. The Morgan fingerprint density at radius 1 is 1.00 bits per heavy atom. The summed E-state index contributed by atoms with van der Waals surface area (Å²) in [7, 11) is 0. The number of nitrogens with zero attached hydrogens (tertiary/aromatic N) is 2. The molecule has 33 heavy (non-hydrogen) atoms. The molecule has 0 saturated carbocycles. The highest BCUT2D eigenvalue weighted by molar-refractivity contribution is 8.01. The third-order valence-corrected chi connectivity index (χ3v) is 7.81. The van der Waals surface area contributed by atoms with Crippen LogP contribution in [0.4, 0.5) is 0 Å². The molecule has 0 bridgehead atoms. The number of β-lactam (4-membered cyclic amide) rings is 1. The number of hydrogen-bond donors (Lipinski definition) is 1. The van der Waals surface area contributed by atoms with Gasteiger partial charge in [-0.25, -0.2) is 4.79 Å². The number of fused-ring (bicyclic) bond motifs is 2. The molecule has 170 valence electrons. The quantitative estimate of drug-likeness (QED) is 0.396. The summed E-state index contributed by atoms with van der Waals surface area (Å²) in [5.41, 5.74) is 1.60. The second-order valence-corrected chi connectivity index (χ2v) is 10.5. The second kappa shape index (κ2) is 8.00. The van der Waals surface area contributed by atoms with Crippen molar-refractivity contribution >= 4 is 35.5 Å². The lowest BCUT2D eigenvalue weighted by Crippen LogP contribution is -2.70. The smallest absolute Gasteiger partial charge is 0.330 e. The summed E-state index contributed by atoms with van der Waals surface area (Å²) in [6.45, 7) is 3.90. The van der Waals surface area contributed by atoms with E-state index in [2.05, 4.69) is 5.32 Å². The summed E-state index contributed by atoms with van der Waals surface area (Å²) in [6, 6.07) is 14.7. The zero-order chi connectivity index (χ0) is 23.3. The van der Waals surface area contributed by atoms with Crippen molar-refractivity contribution in [1.29, 1.82) is 0 Å². The van der Waals surface area contributed by atoms with E-state index in [-0.39, 0.29) is 36.4 Å². The summed E-state index contributed by atoms with van der Waals surface area (Å²) >= 11 is 1.51. The molecule has 0 radical (unpaired) electrons. The summed E-state index contributed by atoms with van der Waals surface area (Å²) in [5, 5.41) is 2.77. The largest absolute Gasteiger partial charge is 0.459 e. The molecule has 3 amide bonds. The van der Waals surface area contributed by atoms with Gasteiger partial charge >= 0.3 is 5.97 Å². The van der Waals surface area contributed by atoms with Crippen LogP contribution in [0.3, 0.4) is 0 Å². The normalized spacial score (nSPS) is 25.0. The van der Waals surface area contributed by atoms with Crippen LogP contribution in [0.5, 0.6) is 0 Å². The molecule has 0 aliphatic carbocycles. The van der Waals surface area contributed by atoms with Gasteiger partial charge in [0.2, 0.25) is 5.91 Å². The number of nitrogens with one attached hydrogen (secondary N) is 1. The standard InChI is InChI=1S/C24H23N3O5S/c1-24(2)18(23(31)32-12-14-8-4-3-5-9-14)27-21(30)17(22(27)33-24)25-13-26-19(28)15-10-6-7-11-16(15)20(26)29/h3-11,17-18,22,25H,12-13H2,1-2H3/t17-,18?,22-/m1/s1. The lowest BCUT2D eigenvalue weighted by atomic mass is 9.96. The average Bonchev–Trinajstić information content (AvgIpc) is 3.21. The molecule has 1 unspecified atom stereocenters. The summed E-state index contributed by atoms with van der Waals surface area (Å²) in [6.07, 6.45) is 0. The minimum absolute atomic E-state index is 0.0722. The molecular formula is C24H23N3O5S. The van der Waals surface area contributed by atoms with Crippen LogP contribution >= 0.6 is 11.8 Å². The van der Waals surface area contributed by atoms with Crippen LogP contribution in [0.25, 0.3) is 0 Å². The van der Waals surface area contributed by atoms with Gasteiger partial charge in [0.05, 0.1) is 17.8 Å². The molecule has 2 aromatic rings. The van der Waals surface area contributed by atoms with E-state index in [9.17, 15) is 19.2 Å². The first-order valence-corrected chi connectivity index (χ1v) is 11.6. The Hall–Kier alpha value is -3.17. The number of imide groups is 1. The van der Waals surface area contributed by atoms with Crippen molar-refractivity contribution in [3.8, 4) is 0 Å². The van der Waals surface area contributed by atoms with Gasteiger partial charge in [0, 0.05) is 4.75 Å². The number of amides is 3. The fraction of sp³-hybridized carbons (Fsp3) is 0.333. The van der Waals surface area contributed by atoms with Crippen LogP contribution < -0.4 is 5.32 Å². The molecule has 3 aliphatic heterocycles. The highest BCUT2D eigenvalue weighted by atomic mass is 32.2. The van der Waals surface area contributed by atoms with Crippen LogP contribution in [-0.4, -0.2) is 62.4 Å². The Morgan fingerprint density at radius 3 is 2.24 bits per heavy atom. The Balaban J connectivity index is 1.23. The van der Waals surface area contributed by atoms with Crippen molar-refractivity contribution in [3.63, 3.8) is 0 Å². The predicted octanol–water partition coefficient (Wildman–Crippen LogP) is 2.00. The molecule has 8 nitrogen and oxygen atoms in total. The molecule has 2 saturated heterocycles. The van der Waals surface area contributed by atoms with Crippen LogP contribution in [-0.2, 0) is 20.9 Å². The highest BCUT2D eigenvalue weighted by Crippen LogP contribution is 2.51. The number of rotatable bonds is 6. The van der Waals surface area contributed by atoms with Crippen molar-refractivity contribution in [3.05, 3.63) is 71.3 Å². The minimum atomic E-state index is -0.707. The van der Waals surface area contributed by atoms with Crippen LogP contribution in [0.15, 0.2) is 54.6 Å². The van der Waals surface area contributed by atoms with Crippen LogP contribution in [0.2, 0.25) is 0 Å². The molecule has 2 fully saturated rings. The molecule has 3 aliphatic rings. The van der Waals surface area contributed by atoms with Crippen molar-refractivity contribution in [1.82, 2.24) is 15.1 Å². The van der Waals surface area contributed by atoms with E-state index in [1.807, 2.05) is 44.2 Å². The van der Waals surface area contributed by atoms with Gasteiger partial charge < -0.3 is 9.64 Å². The van der Waals surface area contributed by atoms with Crippen LogP contribution in [0, 0.1) is 0 Å². The number of carbonyl (C=O) groups is 4. The molecule has 3 atom stereocenters. The van der Waals surface area contributed by atoms with E-state index >= 15 is 0 Å². The predicted molar refractivity (Wildman–Crippen MR) is 121 cm³/mol. The molecule has 2 aromatic carbocycles. The number of esters is 1. The number of thioether (sulfide) groups is 1. The first-order valence-electron chi connectivity index (χ1n) is 10.7. The number of ether oxygens (including phenoxy) is 1. The van der Waals surface area contributed by atoms with E-state index in [0.29, 0.717) is 11.1 Å². The molecule has 0 spiro atoms. The zero-order valence-electron chi connectivity index (χ0n) is 18.2. The first kappa shape index (κ1) is 21.7. The monoisotopic (exact) mass is 465 g/mol. The lowest BCUT2D eigenvalue weighted by Gasteiger charge is -2.44. The molecule has 5 rings (SSSR count). The lowest BCUT2D eigenvalue weighted by molar-refractivity contribution is -0.164. The first-order chi connectivity index (χ1) is 15.8. The van der Waals surface area contributed by atoms with E-state index < -0.39 is 22.8 Å². The van der Waals surface area contributed by atoms with Crippen LogP contribution in [0.1, 0.15) is 40.1 Å². The Kier molecular flexibility index (Phi) is 5.25. The van der Waals surface area contributed by atoms with Gasteiger partial charge in [-0.3, -0.25) is 24.6 Å². The second-order valence-electron chi connectivity index (χ2n) is 8.78. The third kappa shape index (κ3) is 3.52. The minimum Gasteiger partial charge on any atom is -0.459 e. The maximum Gasteiger partial charge on any atom is 0.330 e. The summed E-state index contributed by atoms with van der Waals surface area (Å²) in [5.74, 6) is -1.44.